The molecular weight excluding hydrogens is 294 g/mol. The fourth-order valence-electron chi connectivity index (χ4n) is 2.21. The molecule has 1 atom stereocenters. The summed E-state index contributed by atoms with van der Waals surface area (Å²) in [5.41, 5.74) is 0.725. The van der Waals surface area contributed by atoms with Crippen LogP contribution >= 0.6 is 0 Å². The number of aliphatic hydroxyl groups excluding tert-OH is 1. The molecule has 0 aliphatic heterocycles. The summed E-state index contributed by atoms with van der Waals surface area (Å²) in [7, 11) is 3.18. The summed E-state index contributed by atoms with van der Waals surface area (Å²) < 4.78 is 10.5. The van der Waals surface area contributed by atoms with E-state index >= 15 is 0 Å². The average Bonchev–Trinajstić information content (AvgIpc) is 3.40. The Bertz CT molecular complexity index is 508. The number of benzene rings is 1. The minimum atomic E-state index is -0.713. The van der Waals surface area contributed by atoms with Crippen LogP contribution < -0.4 is 20.1 Å². The molecule has 0 amide bonds. The lowest BCUT2D eigenvalue weighted by atomic mass is 10.1. The first kappa shape index (κ1) is 17.4. The molecule has 1 unspecified atom stereocenters. The van der Waals surface area contributed by atoms with Crippen molar-refractivity contribution in [2.45, 2.75) is 25.9 Å². The van der Waals surface area contributed by atoms with E-state index in [2.05, 4.69) is 15.6 Å². The van der Waals surface area contributed by atoms with Gasteiger partial charge < -0.3 is 25.2 Å². The summed E-state index contributed by atoms with van der Waals surface area (Å²) in [6.45, 7) is 4.03. The van der Waals surface area contributed by atoms with Gasteiger partial charge in [0.1, 0.15) is 11.5 Å². The Kier molecular flexibility index (Phi) is 6.52. The zero-order valence-electron chi connectivity index (χ0n) is 14.1. The van der Waals surface area contributed by atoms with Gasteiger partial charge in [-0.3, -0.25) is 4.99 Å². The quantitative estimate of drug-likeness (QED) is 0.502. The number of aliphatic imine (C=N–C) groups is 1. The molecule has 1 aliphatic carbocycles. The average molecular weight is 321 g/mol. The van der Waals surface area contributed by atoms with Gasteiger partial charge in [-0.2, -0.15) is 0 Å². The third-order valence-electron chi connectivity index (χ3n) is 3.78. The normalized spacial score (nSPS) is 15.9. The van der Waals surface area contributed by atoms with E-state index in [0.29, 0.717) is 11.5 Å². The third kappa shape index (κ3) is 5.63. The van der Waals surface area contributed by atoms with Crippen molar-refractivity contribution in [3.8, 4) is 11.5 Å². The van der Waals surface area contributed by atoms with Gasteiger partial charge in [0.2, 0.25) is 0 Å². The van der Waals surface area contributed by atoms with Crippen LogP contribution in [0, 0.1) is 5.92 Å². The zero-order valence-corrected chi connectivity index (χ0v) is 14.1. The molecule has 1 aromatic rings. The molecule has 2 rings (SSSR count). The molecule has 0 heterocycles. The number of guanidine groups is 1. The predicted molar refractivity (Wildman–Crippen MR) is 91.2 cm³/mol. The van der Waals surface area contributed by atoms with Gasteiger partial charge in [0.15, 0.2) is 5.96 Å². The van der Waals surface area contributed by atoms with Gasteiger partial charge in [-0.25, -0.2) is 0 Å². The monoisotopic (exact) mass is 321 g/mol. The molecule has 0 aromatic heterocycles. The van der Waals surface area contributed by atoms with Gasteiger partial charge in [0, 0.05) is 19.2 Å². The summed E-state index contributed by atoms with van der Waals surface area (Å²) in [4.78, 5) is 4.46. The maximum absolute atomic E-state index is 10.4. The van der Waals surface area contributed by atoms with E-state index in [1.165, 1.54) is 12.8 Å². The van der Waals surface area contributed by atoms with Gasteiger partial charge in [0.05, 0.1) is 26.9 Å². The highest BCUT2D eigenvalue weighted by Crippen LogP contribution is 2.28. The number of nitrogens with one attached hydrogen (secondary N) is 2. The molecule has 1 fully saturated rings. The van der Waals surface area contributed by atoms with E-state index in [-0.39, 0.29) is 6.54 Å². The molecule has 1 aromatic carbocycles. The van der Waals surface area contributed by atoms with Crippen molar-refractivity contribution >= 4 is 5.96 Å². The molecule has 0 bridgehead atoms. The number of aliphatic hydroxyl groups is 1. The Balaban J connectivity index is 2.00. The Morgan fingerprint density at radius 2 is 1.87 bits per heavy atom. The van der Waals surface area contributed by atoms with E-state index in [4.69, 9.17) is 9.47 Å². The van der Waals surface area contributed by atoms with Crippen molar-refractivity contribution in [3.05, 3.63) is 23.8 Å². The fraction of sp³-hybridized carbons (Fsp3) is 0.588. The van der Waals surface area contributed by atoms with E-state index in [1.807, 2.05) is 6.92 Å². The molecule has 6 heteroatoms. The largest absolute Gasteiger partial charge is 0.497 e. The minimum Gasteiger partial charge on any atom is -0.497 e. The first-order chi connectivity index (χ1) is 11.2. The van der Waals surface area contributed by atoms with Gasteiger partial charge in [-0.05, 0) is 43.4 Å². The van der Waals surface area contributed by atoms with Crippen molar-refractivity contribution in [1.82, 2.24) is 10.6 Å². The Hall–Kier alpha value is -1.95. The van der Waals surface area contributed by atoms with Crippen LogP contribution in [0.25, 0.3) is 0 Å². The van der Waals surface area contributed by atoms with Crippen molar-refractivity contribution in [3.63, 3.8) is 0 Å². The van der Waals surface area contributed by atoms with Crippen LogP contribution in [0.1, 0.15) is 31.4 Å². The standard InChI is InChI=1S/C17H27N3O3/c1-4-18-17(19-10-12-5-6-12)20-11-16(21)13-7-14(22-2)9-15(8-13)23-3/h7-9,12,16,21H,4-6,10-11H2,1-3H3,(H2,18,19,20). The van der Waals surface area contributed by atoms with Gasteiger partial charge in [0.25, 0.3) is 0 Å². The molecule has 0 saturated heterocycles. The second kappa shape index (κ2) is 8.62. The minimum absolute atomic E-state index is 0.274. The highest BCUT2D eigenvalue weighted by Gasteiger charge is 2.21. The molecule has 6 nitrogen and oxygen atoms in total. The highest BCUT2D eigenvalue weighted by molar-refractivity contribution is 5.79. The molecule has 0 radical (unpaired) electrons. The van der Waals surface area contributed by atoms with E-state index < -0.39 is 6.10 Å². The predicted octanol–water partition coefficient (Wildman–Crippen LogP) is 1.70. The lowest BCUT2D eigenvalue weighted by molar-refractivity contribution is 0.186. The van der Waals surface area contributed by atoms with Crippen molar-refractivity contribution in [2.75, 3.05) is 33.9 Å². The van der Waals surface area contributed by atoms with Crippen LogP contribution in [0.5, 0.6) is 11.5 Å². The van der Waals surface area contributed by atoms with Crippen LogP contribution in [-0.2, 0) is 0 Å². The van der Waals surface area contributed by atoms with Crippen molar-refractivity contribution in [1.29, 1.82) is 0 Å². The summed E-state index contributed by atoms with van der Waals surface area (Å²) in [5, 5.41) is 16.9. The van der Waals surface area contributed by atoms with Crippen molar-refractivity contribution in [2.24, 2.45) is 10.9 Å². The molecule has 23 heavy (non-hydrogen) atoms. The van der Waals surface area contributed by atoms with Gasteiger partial charge >= 0.3 is 0 Å². The number of hydrogen-bond acceptors (Lipinski definition) is 4. The van der Waals surface area contributed by atoms with Crippen LogP contribution in [0.2, 0.25) is 0 Å². The summed E-state index contributed by atoms with van der Waals surface area (Å²) in [6.07, 6.45) is 1.87. The first-order valence-electron chi connectivity index (χ1n) is 8.09. The summed E-state index contributed by atoms with van der Waals surface area (Å²) >= 11 is 0. The van der Waals surface area contributed by atoms with Gasteiger partial charge in [-0.15, -0.1) is 0 Å². The first-order valence-corrected chi connectivity index (χ1v) is 8.09. The van der Waals surface area contributed by atoms with E-state index in [9.17, 15) is 5.11 Å². The third-order valence-corrected chi connectivity index (χ3v) is 3.78. The summed E-state index contributed by atoms with van der Waals surface area (Å²) in [5.74, 6) is 2.82. The van der Waals surface area contributed by atoms with Crippen molar-refractivity contribution < 1.29 is 14.6 Å². The van der Waals surface area contributed by atoms with Gasteiger partial charge in [-0.1, -0.05) is 0 Å². The molecular formula is C17H27N3O3. The summed E-state index contributed by atoms with van der Waals surface area (Å²) in [6, 6.07) is 5.38. The second-order valence-corrected chi connectivity index (χ2v) is 5.71. The fourth-order valence-corrected chi connectivity index (χ4v) is 2.21. The maximum atomic E-state index is 10.4. The Morgan fingerprint density at radius 3 is 2.39 bits per heavy atom. The Morgan fingerprint density at radius 1 is 1.22 bits per heavy atom. The maximum Gasteiger partial charge on any atom is 0.191 e. The number of ether oxygens (including phenoxy) is 2. The van der Waals surface area contributed by atoms with E-state index in [1.54, 1.807) is 32.4 Å². The highest BCUT2D eigenvalue weighted by atomic mass is 16.5. The van der Waals surface area contributed by atoms with Crippen LogP contribution in [0.4, 0.5) is 0 Å². The Labute approximate surface area is 137 Å². The second-order valence-electron chi connectivity index (χ2n) is 5.71. The number of nitrogens with zero attached hydrogens (tertiary/aromatic N) is 1. The molecule has 128 valence electrons. The molecule has 3 N–H and O–H groups in total. The molecule has 0 spiro atoms. The number of methoxy groups -OCH3 is 2. The lowest BCUT2D eigenvalue weighted by Gasteiger charge is -2.14. The number of rotatable bonds is 8. The zero-order chi connectivity index (χ0) is 16.7. The van der Waals surface area contributed by atoms with Crippen LogP contribution in [0.15, 0.2) is 23.2 Å². The number of hydrogen-bond donors (Lipinski definition) is 3. The molecule has 1 saturated carbocycles. The lowest BCUT2D eigenvalue weighted by Crippen LogP contribution is -2.38. The smallest absolute Gasteiger partial charge is 0.191 e. The molecule has 1 aliphatic rings. The van der Waals surface area contributed by atoms with Crippen LogP contribution in [0.3, 0.4) is 0 Å². The SMILES string of the molecule is CCNC(=NCC(O)c1cc(OC)cc(OC)c1)NCC1CC1. The topological polar surface area (TPSA) is 75.1 Å². The van der Waals surface area contributed by atoms with E-state index in [0.717, 1.165) is 30.5 Å². The van der Waals surface area contributed by atoms with Crippen LogP contribution in [-0.4, -0.2) is 44.9 Å².